The van der Waals surface area contributed by atoms with Crippen molar-refractivity contribution in [2.75, 3.05) is 0 Å². The van der Waals surface area contributed by atoms with Crippen molar-refractivity contribution >= 4 is 11.9 Å². The molecule has 0 aliphatic heterocycles. The van der Waals surface area contributed by atoms with Gasteiger partial charge in [0.1, 0.15) is 5.82 Å². The molecule has 0 spiro atoms. The van der Waals surface area contributed by atoms with Gasteiger partial charge in [-0.3, -0.25) is 4.79 Å². The number of carbonyl (C=O) groups is 1. The molecule has 0 bridgehead atoms. The lowest BCUT2D eigenvalue weighted by Gasteiger charge is -1.99. The van der Waals surface area contributed by atoms with Gasteiger partial charge in [-0.25, -0.2) is 4.39 Å². The van der Waals surface area contributed by atoms with E-state index in [0.717, 1.165) is 0 Å². The molecule has 0 fully saturated rings. The van der Waals surface area contributed by atoms with Gasteiger partial charge >= 0.3 is 0 Å². The Hall–Kier alpha value is -2.49. The lowest BCUT2D eigenvalue weighted by Crippen LogP contribution is -2.33. The van der Waals surface area contributed by atoms with Gasteiger partial charge in [0.15, 0.2) is 6.20 Å². The molecular formula is C14H10FNO2. The fourth-order valence-electron chi connectivity index (χ4n) is 1.49. The van der Waals surface area contributed by atoms with Crippen LogP contribution in [0.1, 0.15) is 16.1 Å². The molecule has 2 rings (SSSR count). The second-order valence-electron chi connectivity index (χ2n) is 3.66. The highest BCUT2D eigenvalue weighted by Gasteiger charge is 2.10. The van der Waals surface area contributed by atoms with E-state index in [9.17, 15) is 14.4 Å². The van der Waals surface area contributed by atoms with Crippen molar-refractivity contribution in [3.8, 4) is 0 Å². The topological polar surface area (TPSA) is 44.0 Å². The molecule has 90 valence electrons. The number of carbonyl (C=O) groups excluding carboxylic acids is 1. The number of hydrogen-bond acceptors (Lipinski definition) is 2. The minimum absolute atomic E-state index is 0.0325. The first kappa shape index (κ1) is 12.0. The molecule has 0 saturated carbocycles. The number of benzene rings is 1. The van der Waals surface area contributed by atoms with Gasteiger partial charge in [0.25, 0.3) is 11.5 Å². The number of hydrogen-bond donors (Lipinski definition) is 0. The highest BCUT2D eigenvalue weighted by molar-refractivity contribution is 6.04. The summed E-state index contributed by atoms with van der Waals surface area (Å²) < 4.78 is 13.4. The first-order valence-corrected chi connectivity index (χ1v) is 5.33. The number of ketones is 1. The molecule has 0 atom stereocenters. The van der Waals surface area contributed by atoms with Crippen LogP contribution >= 0.6 is 0 Å². The molecule has 1 heterocycles. The number of halogens is 1. The Kier molecular flexibility index (Phi) is 3.48. The second kappa shape index (κ2) is 5.23. The first-order chi connectivity index (χ1) is 8.66. The smallest absolute Gasteiger partial charge is 0.264 e. The van der Waals surface area contributed by atoms with Crippen molar-refractivity contribution in [3.63, 3.8) is 0 Å². The van der Waals surface area contributed by atoms with Crippen LogP contribution < -0.4 is 4.73 Å². The average molecular weight is 243 g/mol. The summed E-state index contributed by atoms with van der Waals surface area (Å²) in [5, 5.41) is 11.3. The maximum Gasteiger partial charge on any atom is 0.264 e. The predicted molar refractivity (Wildman–Crippen MR) is 65.2 cm³/mol. The third-order valence-corrected chi connectivity index (χ3v) is 2.35. The molecule has 2 aromatic rings. The number of pyridine rings is 1. The Labute approximate surface area is 103 Å². The average Bonchev–Trinajstić information content (AvgIpc) is 2.37. The number of nitrogens with zero attached hydrogens (tertiary/aromatic N) is 1. The van der Waals surface area contributed by atoms with Crippen molar-refractivity contribution in [2.45, 2.75) is 0 Å². The van der Waals surface area contributed by atoms with Crippen LogP contribution in [0, 0.1) is 11.0 Å². The highest BCUT2D eigenvalue weighted by Crippen LogP contribution is 2.06. The van der Waals surface area contributed by atoms with Gasteiger partial charge < -0.3 is 5.21 Å². The van der Waals surface area contributed by atoms with E-state index in [1.54, 1.807) is 24.3 Å². The fourth-order valence-corrected chi connectivity index (χ4v) is 1.49. The molecule has 1 aromatic carbocycles. The van der Waals surface area contributed by atoms with Gasteiger partial charge in [0.05, 0.1) is 0 Å². The Balaban J connectivity index is 2.20. The highest BCUT2D eigenvalue weighted by atomic mass is 19.1. The molecule has 4 heteroatoms. The van der Waals surface area contributed by atoms with E-state index in [1.807, 2.05) is 0 Å². The van der Waals surface area contributed by atoms with Gasteiger partial charge in [-0.05, 0) is 29.8 Å². The molecular weight excluding hydrogens is 233 g/mol. The standard InChI is InChI=1S/C14H10FNO2/c15-12-5-3-4-11(10-12)7-8-14(17)13-6-1-2-9-16(13)18/h1-10H/b8-7+. The Morgan fingerprint density at radius 2 is 2.06 bits per heavy atom. The van der Waals surface area contributed by atoms with Crippen LogP contribution in [0.3, 0.4) is 0 Å². The van der Waals surface area contributed by atoms with Crippen LogP contribution in [0.4, 0.5) is 4.39 Å². The first-order valence-electron chi connectivity index (χ1n) is 5.33. The third-order valence-electron chi connectivity index (χ3n) is 2.35. The van der Waals surface area contributed by atoms with E-state index in [4.69, 9.17) is 0 Å². The summed E-state index contributed by atoms with van der Waals surface area (Å²) in [7, 11) is 0. The Morgan fingerprint density at radius 1 is 1.22 bits per heavy atom. The Bertz CT molecular complexity index is 608. The summed E-state index contributed by atoms with van der Waals surface area (Å²) in [5.74, 6) is -0.793. The molecule has 3 nitrogen and oxygen atoms in total. The molecule has 0 unspecified atom stereocenters. The second-order valence-corrected chi connectivity index (χ2v) is 3.66. The molecule has 0 aliphatic rings. The molecule has 0 aliphatic carbocycles. The van der Waals surface area contributed by atoms with Crippen LogP contribution in [0.25, 0.3) is 6.08 Å². The van der Waals surface area contributed by atoms with Crippen molar-refractivity contribution in [3.05, 3.63) is 77.0 Å². The van der Waals surface area contributed by atoms with Crippen LogP contribution in [0.2, 0.25) is 0 Å². The van der Waals surface area contributed by atoms with Gasteiger partial charge in [0.2, 0.25) is 0 Å². The van der Waals surface area contributed by atoms with E-state index < -0.39 is 5.78 Å². The summed E-state index contributed by atoms with van der Waals surface area (Å²) in [4.78, 5) is 11.7. The predicted octanol–water partition coefficient (Wildman–Crippen LogP) is 2.36. The number of aromatic nitrogens is 1. The summed E-state index contributed by atoms with van der Waals surface area (Å²) in [5.41, 5.74) is 0.599. The van der Waals surface area contributed by atoms with E-state index >= 15 is 0 Å². The number of allylic oxidation sites excluding steroid dienone is 1. The molecule has 18 heavy (non-hydrogen) atoms. The fraction of sp³-hybridized carbons (Fsp3) is 0. The number of rotatable bonds is 3. The summed E-state index contributed by atoms with van der Waals surface area (Å²) >= 11 is 0. The maximum atomic E-state index is 12.9. The van der Waals surface area contributed by atoms with E-state index in [-0.39, 0.29) is 11.5 Å². The quantitative estimate of drug-likeness (QED) is 0.359. The Morgan fingerprint density at radius 3 is 2.78 bits per heavy atom. The molecule has 0 amide bonds. The molecule has 0 N–H and O–H groups in total. The van der Waals surface area contributed by atoms with Crippen molar-refractivity contribution in [2.24, 2.45) is 0 Å². The molecule has 0 saturated heterocycles. The summed E-state index contributed by atoms with van der Waals surface area (Å²) in [6, 6.07) is 10.4. The van der Waals surface area contributed by atoms with Crippen LogP contribution in [0.15, 0.2) is 54.7 Å². The van der Waals surface area contributed by atoms with Crippen LogP contribution in [-0.2, 0) is 0 Å². The normalized spacial score (nSPS) is 10.7. The lowest BCUT2D eigenvalue weighted by atomic mass is 10.1. The van der Waals surface area contributed by atoms with Gasteiger partial charge in [0, 0.05) is 12.1 Å². The minimum Gasteiger partial charge on any atom is -0.618 e. The minimum atomic E-state index is -0.421. The van der Waals surface area contributed by atoms with Crippen molar-refractivity contribution < 1.29 is 13.9 Å². The summed E-state index contributed by atoms with van der Waals surface area (Å²) in [6.45, 7) is 0. The molecule has 1 aromatic heterocycles. The van der Waals surface area contributed by atoms with Crippen molar-refractivity contribution in [1.82, 2.24) is 0 Å². The van der Waals surface area contributed by atoms with E-state index in [1.165, 1.54) is 36.5 Å². The van der Waals surface area contributed by atoms with Gasteiger partial charge in [-0.15, -0.1) is 0 Å². The van der Waals surface area contributed by atoms with Crippen LogP contribution in [0.5, 0.6) is 0 Å². The maximum absolute atomic E-state index is 12.9. The largest absolute Gasteiger partial charge is 0.618 e. The van der Waals surface area contributed by atoms with Gasteiger partial charge in [-0.2, -0.15) is 4.73 Å². The zero-order valence-electron chi connectivity index (χ0n) is 9.42. The van der Waals surface area contributed by atoms with Gasteiger partial charge in [-0.1, -0.05) is 18.2 Å². The van der Waals surface area contributed by atoms with Crippen LogP contribution in [-0.4, -0.2) is 5.78 Å². The third kappa shape index (κ3) is 2.79. The lowest BCUT2D eigenvalue weighted by molar-refractivity contribution is -0.607. The van der Waals surface area contributed by atoms with E-state index in [2.05, 4.69) is 0 Å². The zero-order chi connectivity index (χ0) is 13.0. The molecule has 0 radical (unpaired) electrons. The van der Waals surface area contributed by atoms with Crippen molar-refractivity contribution in [1.29, 1.82) is 0 Å². The summed E-state index contributed by atoms with van der Waals surface area (Å²) in [6.07, 6.45) is 3.97. The monoisotopic (exact) mass is 243 g/mol. The SMILES string of the molecule is O=C(/C=C/c1cccc(F)c1)c1cccc[n+]1[O-]. The van der Waals surface area contributed by atoms with E-state index in [0.29, 0.717) is 10.3 Å². The zero-order valence-corrected chi connectivity index (χ0v) is 9.42.